The van der Waals surface area contributed by atoms with Gasteiger partial charge in [-0.3, -0.25) is 19.1 Å². The molecule has 1 aromatic heterocycles. The number of likely N-dealkylation sites (tertiary alicyclic amines) is 1. The number of aliphatic hydroxyl groups excluding tert-OH is 1. The van der Waals surface area contributed by atoms with Crippen molar-refractivity contribution in [1.82, 2.24) is 19.4 Å². The normalized spacial score (nSPS) is 23.3. The van der Waals surface area contributed by atoms with Crippen molar-refractivity contribution in [1.29, 1.82) is 0 Å². The zero-order valence-electron chi connectivity index (χ0n) is 16.5. The van der Waals surface area contributed by atoms with E-state index >= 15 is 0 Å². The van der Waals surface area contributed by atoms with Gasteiger partial charge in [-0.1, -0.05) is 0 Å². The molecule has 0 radical (unpaired) electrons. The van der Waals surface area contributed by atoms with E-state index in [4.69, 9.17) is 5.11 Å². The molecule has 154 valence electrons. The number of aliphatic hydroxyl groups is 1. The first-order valence-corrected chi connectivity index (χ1v) is 10.6. The zero-order chi connectivity index (χ0) is 20.0. The number of aromatic nitrogens is 2. The molecule has 2 aromatic rings. The lowest BCUT2D eigenvalue weighted by Gasteiger charge is -2.38. The highest BCUT2D eigenvalue weighted by atomic mass is 16.3. The van der Waals surface area contributed by atoms with E-state index in [1.807, 2.05) is 18.2 Å². The highest BCUT2D eigenvalue weighted by Crippen LogP contribution is 2.32. The maximum absolute atomic E-state index is 12.7. The minimum atomic E-state index is -0.125. The lowest BCUT2D eigenvalue weighted by Crippen LogP contribution is -2.52. The Kier molecular flexibility index (Phi) is 4.75. The molecule has 1 aromatic carbocycles. The number of carbonyl (C=O) groups is 1. The van der Waals surface area contributed by atoms with Crippen LogP contribution in [0.1, 0.15) is 19.3 Å². The second-order valence-electron chi connectivity index (χ2n) is 8.26. The Morgan fingerprint density at radius 3 is 2.55 bits per heavy atom. The molecule has 1 amide bonds. The van der Waals surface area contributed by atoms with Gasteiger partial charge in [0.25, 0.3) is 5.56 Å². The number of carbonyl (C=O) groups excluding carboxylic acids is 1. The van der Waals surface area contributed by atoms with Gasteiger partial charge in [-0.15, -0.1) is 0 Å². The number of nitrogens with zero attached hydrogens (tertiary/aromatic N) is 5. The summed E-state index contributed by atoms with van der Waals surface area (Å²) in [7, 11) is 0. The van der Waals surface area contributed by atoms with E-state index in [0.717, 1.165) is 44.8 Å². The van der Waals surface area contributed by atoms with Crippen molar-refractivity contribution in [2.24, 2.45) is 0 Å². The van der Waals surface area contributed by atoms with Crippen LogP contribution >= 0.6 is 0 Å². The molecule has 3 heterocycles. The molecule has 8 heteroatoms. The molecule has 1 N–H and O–H groups in total. The Morgan fingerprint density at radius 2 is 1.83 bits per heavy atom. The molecular weight excluding hydrogens is 370 g/mol. The van der Waals surface area contributed by atoms with Crippen molar-refractivity contribution in [2.45, 2.75) is 37.9 Å². The Labute approximate surface area is 169 Å². The zero-order valence-corrected chi connectivity index (χ0v) is 16.5. The summed E-state index contributed by atoms with van der Waals surface area (Å²) in [6.07, 6.45) is 4.80. The van der Waals surface area contributed by atoms with Gasteiger partial charge in [-0.05, 0) is 37.5 Å². The standard InChI is InChI=1S/C21H27N5O3/c27-12-11-25-14-22-18-13-16(3-4-17(18)20(25)28)23-7-9-24(10-8-23)19-5-6-26(21(19)29)15-1-2-15/h3-4,13-15,19,27H,1-2,5-12H2. The predicted octanol–water partition coefficient (Wildman–Crippen LogP) is 0.274. The van der Waals surface area contributed by atoms with E-state index in [1.165, 1.54) is 23.7 Å². The number of piperazine rings is 1. The van der Waals surface area contributed by atoms with Crippen LogP contribution in [0.3, 0.4) is 0 Å². The van der Waals surface area contributed by atoms with E-state index in [1.54, 1.807) is 0 Å². The Morgan fingerprint density at radius 1 is 1.03 bits per heavy atom. The van der Waals surface area contributed by atoms with Crippen LogP contribution in [0.25, 0.3) is 10.9 Å². The molecule has 2 saturated heterocycles. The fraction of sp³-hybridized carbons (Fsp3) is 0.571. The molecule has 29 heavy (non-hydrogen) atoms. The van der Waals surface area contributed by atoms with Crippen LogP contribution in [0.15, 0.2) is 29.3 Å². The fourth-order valence-electron chi connectivity index (χ4n) is 4.68. The summed E-state index contributed by atoms with van der Waals surface area (Å²) in [4.78, 5) is 36.3. The number of fused-ring (bicyclic) bond motifs is 1. The molecule has 5 rings (SSSR count). The van der Waals surface area contributed by atoms with Gasteiger partial charge >= 0.3 is 0 Å². The van der Waals surface area contributed by atoms with Gasteiger partial charge in [0.15, 0.2) is 0 Å². The van der Waals surface area contributed by atoms with Gasteiger partial charge < -0.3 is 14.9 Å². The van der Waals surface area contributed by atoms with E-state index in [9.17, 15) is 9.59 Å². The molecule has 2 aliphatic heterocycles. The summed E-state index contributed by atoms with van der Waals surface area (Å²) in [6, 6.07) is 6.33. The maximum atomic E-state index is 12.7. The summed E-state index contributed by atoms with van der Waals surface area (Å²) in [5, 5.41) is 9.64. The summed E-state index contributed by atoms with van der Waals surface area (Å²) in [6.45, 7) is 4.55. The van der Waals surface area contributed by atoms with Crippen LogP contribution < -0.4 is 10.5 Å². The van der Waals surface area contributed by atoms with Crippen LogP contribution in [0.4, 0.5) is 5.69 Å². The molecule has 0 spiro atoms. The molecule has 1 aliphatic carbocycles. The first kappa shape index (κ1) is 18.6. The van der Waals surface area contributed by atoms with Crippen LogP contribution in [-0.4, -0.2) is 81.8 Å². The lowest BCUT2D eigenvalue weighted by atomic mass is 10.1. The van der Waals surface area contributed by atoms with E-state index in [0.29, 0.717) is 22.9 Å². The molecular formula is C21H27N5O3. The minimum Gasteiger partial charge on any atom is -0.395 e. The smallest absolute Gasteiger partial charge is 0.261 e. The minimum absolute atomic E-state index is 0.0565. The van der Waals surface area contributed by atoms with Gasteiger partial charge in [-0.25, -0.2) is 4.98 Å². The van der Waals surface area contributed by atoms with Gasteiger partial charge in [0, 0.05) is 44.5 Å². The monoisotopic (exact) mass is 397 g/mol. The largest absolute Gasteiger partial charge is 0.395 e. The van der Waals surface area contributed by atoms with Gasteiger partial charge in [-0.2, -0.15) is 0 Å². The Hall–Kier alpha value is -2.45. The van der Waals surface area contributed by atoms with Crippen LogP contribution in [0.2, 0.25) is 0 Å². The van der Waals surface area contributed by atoms with Crippen molar-refractivity contribution in [3.63, 3.8) is 0 Å². The van der Waals surface area contributed by atoms with Gasteiger partial charge in [0.2, 0.25) is 5.91 Å². The highest BCUT2D eigenvalue weighted by Gasteiger charge is 2.43. The van der Waals surface area contributed by atoms with Crippen LogP contribution in [0, 0.1) is 0 Å². The van der Waals surface area contributed by atoms with Crippen LogP contribution in [-0.2, 0) is 11.3 Å². The number of benzene rings is 1. The SMILES string of the molecule is O=C1C(N2CCN(c3ccc4c(=O)n(CCO)cnc4c3)CC2)CCN1C1CC1. The molecule has 0 bridgehead atoms. The number of amides is 1. The topological polar surface area (TPSA) is 81.9 Å². The third-order valence-electron chi connectivity index (χ3n) is 6.47. The van der Waals surface area contributed by atoms with E-state index < -0.39 is 0 Å². The summed E-state index contributed by atoms with van der Waals surface area (Å²) < 4.78 is 1.43. The second-order valence-corrected chi connectivity index (χ2v) is 8.26. The average molecular weight is 397 g/mol. The summed E-state index contributed by atoms with van der Waals surface area (Å²) >= 11 is 0. The third-order valence-corrected chi connectivity index (χ3v) is 6.47. The quantitative estimate of drug-likeness (QED) is 0.780. The van der Waals surface area contributed by atoms with Crippen molar-refractivity contribution in [2.75, 3.05) is 44.2 Å². The predicted molar refractivity (Wildman–Crippen MR) is 110 cm³/mol. The summed E-state index contributed by atoms with van der Waals surface area (Å²) in [5.41, 5.74) is 1.61. The molecule has 3 fully saturated rings. The average Bonchev–Trinajstić information content (AvgIpc) is 3.52. The highest BCUT2D eigenvalue weighted by molar-refractivity contribution is 5.84. The lowest BCUT2D eigenvalue weighted by molar-refractivity contribution is -0.132. The van der Waals surface area contributed by atoms with Crippen LogP contribution in [0.5, 0.6) is 0 Å². The number of hydrogen-bond donors (Lipinski definition) is 1. The Bertz CT molecular complexity index is 978. The van der Waals surface area contributed by atoms with Crippen molar-refractivity contribution >= 4 is 22.5 Å². The van der Waals surface area contributed by atoms with Crippen molar-refractivity contribution < 1.29 is 9.90 Å². The fourth-order valence-corrected chi connectivity index (χ4v) is 4.68. The molecule has 8 nitrogen and oxygen atoms in total. The summed E-state index contributed by atoms with van der Waals surface area (Å²) in [5.74, 6) is 0.329. The molecule has 1 unspecified atom stereocenters. The molecule has 3 aliphatic rings. The number of anilines is 1. The van der Waals surface area contributed by atoms with Gasteiger partial charge in [0.05, 0.1) is 36.4 Å². The molecule has 1 saturated carbocycles. The van der Waals surface area contributed by atoms with E-state index in [-0.39, 0.29) is 24.8 Å². The van der Waals surface area contributed by atoms with E-state index in [2.05, 4.69) is 19.7 Å². The number of rotatable bonds is 5. The first-order valence-electron chi connectivity index (χ1n) is 10.6. The first-order chi connectivity index (χ1) is 14.2. The third kappa shape index (κ3) is 3.40. The second kappa shape index (κ2) is 7.42. The molecule has 1 atom stereocenters. The maximum Gasteiger partial charge on any atom is 0.261 e. The Balaban J connectivity index is 1.27. The van der Waals surface area contributed by atoms with Gasteiger partial charge in [0.1, 0.15) is 0 Å². The van der Waals surface area contributed by atoms with Crippen molar-refractivity contribution in [3.8, 4) is 0 Å². The number of hydrogen-bond acceptors (Lipinski definition) is 6. The van der Waals surface area contributed by atoms with Crippen molar-refractivity contribution in [3.05, 3.63) is 34.9 Å².